The molecule has 0 saturated carbocycles. The largest absolute Gasteiger partial charge is 0.497 e. The SMILES string of the molecule is COc1ccc(Cl)c(NC(c2cccs2)c2cccs2)c1. The highest BCUT2D eigenvalue weighted by Gasteiger charge is 2.17. The molecular weight excluding hydrogens is 322 g/mol. The van der Waals surface area contributed by atoms with Gasteiger partial charge in [-0.05, 0) is 35.0 Å². The summed E-state index contributed by atoms with van der Waals surface area (Å²) in [5.74, 6) is 0.790. The molecule has 5 heteroatoms. The van der Waals surface area contributed by atoms with Gasteiger partial charge in [0.25, 0.3) is 0 Å². The molecule has 2 nitrogen and oxygen atoms in total. The molecule has 0 aliphatic rings. The molecule has 1 N–H and O–H groups in total. The maximum Gasteiger partial charge on any atom is 0.121 e. The van der Waals surface area contributed by atoms with Gasteiger partial charge in [0, 0.05) is 15.8 Å². The van der Waals surface area contributed by atoms with Gasteiger partial charge >= 0.3 is 0 Å². The van der Waals surface area contributed by atoms with Gasteiger partial charge in [-0.25, -0.2) is 0 Å². The average Bonchev–Trinajstić information content (AvgIpc) is 3.20. The summed E-state index contributed by atoms with van der Waals surface area (Å²) in [6, 6.07) is 14.1. The lowest BCUT2D eigenvalue weighted by Crippen LogP contribution is -2.10. The highest BCUT2D eigenvalue weighted by Crippen LogP contribution is 2.35. The van der Waals surface area contributed by atoms with E-state index in [0.29, 0.717) is 5.02 Å². The molecule has 1 aromatic carbocycles. The number of hydrogen-bond donors (Lipinski definition) is 1. The van der Waals surface area contributed by atoms with Crippen LogP contribution < -0.4 is 10.1 Å². The second-order valence-corrected chi connectivity index (χ2v) is 6.82. The van der Waals surface area contributed by atoms with Gasteiger partial charge in [-0.3, -0.25) is 0 Å². The highest BCUT2D eigenvalue weighted by atomic mass is 35.5. The summed E-state index contributed by atoms with van der Waals surface area (Å²) >= 11 is 9.78. The molecule has 0 spiro atoms. The zero-order valence-electron chi connectivity index (χ0n) is 11.4. The fraction of sp³-hybridized carbons (Fsp3) is 0.125. The van der Waals surface area contributed by atoms with Crippen LogP contribution in [0.15, 0.2) is 53.2 Å². The summed E-state index contributed by atoms with van der Waals surface area (Å²) in [4.78, 5) is 2.52. The Bertz CT molecular complexity index is 661. The van der Waals surface area contributed by atoms with E-state index >= 15 is 0 Å². The summed E-state index contributed by atoms with van der Waals surface area (Å²) in [5.41, 5.74) is 0.878. The van der Waals surface area contributed by atoms with Crippen molar-refractivity contribution in [1.29, 1.82) is 0 Å². The van der Waals surface area contributed by atoms with Crippen molar-refractivity contribution < 1.29 is 4.74 Å². The molecule has 21 heavy (non-hydrogen) atoms. The molecule has 0 saturated heterocycles. The van der Waals surface area contributed by atoms with Crippen molar-refractivity contribution in [2.45, 2.75) is 6.04 Å². The fourth-order valence-corrected chi connectivity index (χ4v) is 3.92. The topological polar surface area (TPSA) is 21.3 Å². The quantitative estimate of drug-likeness (QED) is 0.648. The van der Waals surface area contributed by atoms with E-state index in [1.54, 1.807) is 29.8 Å². The van der Waals surface area contributed by atoms with Crippen molar-refractivity contribution in [3.05, 3.63) is 68.0 Å². The van der Waals surface area contributed by atoms with Crippen molar-refractivity contribution in [3.8, 4) is 5.75 Å². The van der Waals surface area contributed by atoms with Crippen molar-refractivity contribution in [1.82, 2.24) is 0 Å². The van der Waals surface area contributed by atoms with E-state index in [-0.39, 0.29) is 6.04 Å². The molecular formula is C16H14ClNOS2. The zero-order valence-corrected chi connectivity index (χ0v) is 13.8. The molecule has 2 aromatic heterocycles. The summed E-state index contributed by atoms with van der Waals surface area (Å²) in [7, 11) is 1.66. The first-order chi connectivity index (χ1) is 10.3. The Balaban J connectivity index is 1.96. The number of hydrogen-bond acceptors (Lipinski definition) is 4. The van der Waals surface area contributed by atoms with Gasteiger partial charge in [0.05, 0.1) is 23.9 Å². The molecule has 2 heterocycles. The lowest BCUT2D eigenvalue weighted by molar-refractivity contribution is 0.415. The van der Waals surface area contributed by atoms with E-state index in [1.165, 1.54) is 9.75 Å². The molecule has 0 aliphatic carbocycles. The number of rotatable bonds is 5. The minimum atomic E-state index is 0.106. The number of ether oxygens (including phenoxy) is 1. The molecule has 0 radical (unpaired) electrons. The lowest BCUT2D eigenvalue weighted by atomic mass is 10.2. The zero-order chi connectivity index (χ0) is 14.7. The standard InChI is InChI=1S/C16H14ClNOS2/c1-19-11-6-7-12(17)13(10-11)18-16(14-4-2-8-20-14)15-5-3-9-21-15/h2-10,16,18H,1H3. The molecule has 3 aromatic rings. The summed E-state index contributed by atoms with van der Waals surface area (Å²) in [5, 5.41) is 8.40. The monoisotopic (exact) mass is 335 g/mol. The maximum atomic E-state index is 6.31. The smallest absolute Gasteiger partial charge is 0.121 e. The van der Waals surface area contributed by atoms with E-state index in [0.717, 1.165) is 11.4 Å². The van der Waals surface area contributed by atoms with E-state index in [2.05, 4.69) is 40.3 Å². The predicted octanol–water partition coefficient (Wildman–Crippen LogP) is 5.67. The van der Waals surface area contributed by atoms with Crippen LogP contribution in [0.4, 0.5) is 5.69 Å². The molecule has 3 rings (SSSR count). The Morgan fingerprint density at radius 1 is 1.05 bits per heavy atom. The Morgan fingerprint density at radius 2 is 1.71 bits per heavy atom. The second kappa shape index (κ2) is 6.52. The molecule has 0 unspecified atom stereocenters. The van der Waals surface area contributed by atoms with Crippen molar-refractivity contribution in [3.63, 3.8) is 0 Å². The Hall–Kier alpha value is -1.49. The normalized spacial score (nSPS) is 10.8. The first-order valence-corrected chi connectivity index (χ1v) is 8.58. The Kier molecular flexibility index (Phi) is 4.48. The van der Waals surface area contributed by atoms with Gasteiger partial charge in [-0.2, -0.15) is 0 Å². The van der Waals surface area contributed by atoms with E-state index in [9.17, 15) is 0 Å². The summed E-state index contributed by atoms with van der Waals surface area (Å²) in [6.07, 6.45) is 0. The van der Waals surface area contributed by atoms with Crippen LogP contribution in [0.5, 0.6) is 5.75 Å². The van der Waals surface area contributed by atoms with E-state index in [1.807, 2.05) is 18.2 Å². The van der Waals surface area contributed by atoms with Gasteiger partial charge in [-0.1, -0.05) is 23.7 Å². The average molecular weight is 336 g/mol. The molecule has 0 bridgehead atoms. The number of anilines is 1. The van der Waals surface area contributed by atoms with Crippen LogP contribution in [-0.2, 0) is 0 Å². The van der Waals surface area contributed by atoms with E-state index < -0.39 is 0 Å². The highest BCUT2D eigenvalue weighted by molar-refractivity contribution is 7.11. The predicted molar refractivity (Wildman–Crippen MR) is 92.1 cm³/mol. The van der Waals surface area contributed by atoms with Gasteiger partial charge in [0.2, 0.25) is 0 Å². The number of benzene rings is 1. The van der Waals surface area contributed by atoms with Gasteiger partial charge in [-0.15, -0.1) is 22.7 Å². The van der Waals surface area contributed by atoms with E-state index in [4.69, 9.17) is 16.3 Å². The van der Waals surface area contributed by atoms with Crippen LogP contribution in [-0.4, -0.2) is 7.11 Å². The van der Waals surface area contributed by atoms with Crippen molar-refractivity contribution in [2.24, 2.45) is 0 Å². The third-order valence-electron chi connectivity index (χ3n) is 3.13. The van der Waals surface area contributed by atoms with Gasteiger partial charge in [0.15, 0.2) is 0 Å². The fourth-order valence-electron chi connectivity index (χ4n) is 2.09. The first-order valence-electron chi connectivity index (χ1n) is 6.45. The molecule has 0 aliphatic heterocycles. The van der Waals surface area contributed by atoms with Crippen LogP contribution in [0.1, 0.15) is 15.8 Å². The maximum absolute atomic E-state index is 6.31. The van der Waals surface area contributed by atoms with Crippen LogP contribution in [0.2, 0.25) is 5.02 Å². The minimum Gasteiger partial charge on any atom is -0.497 e. The van der Waals surface area contributed by atoms with Crippen LogP contribution in [0, 0.1) is 0 Å². The van der Waals surface area contributed by atoms with Crippen LogP contribution in [0.3, 0.4) is 0 Å². The first kappa shape index (κ1) is 14.4. The third kappa shape index (κ3) is 3.23. The molecule has 108 valence electrons. The number of methoxy groups -OCH3 is 1. The molecule has 0 amide bonds. The molecule has 0 atom stereocenters. The number of halogens is 1. The lowest BCUT2D eigenvalue weighted by Gasteiger charge is -2.19. The third-order valence-corrected chi connectivity index (χ3v) is 5.33. The number of thiophene rings is 2. The second-order valence-electron chi connectivity index (χ2n) is 4.45. The van der Waals surface area contributed by atoms with Crippen LogP contribution in [0.25, 0.3) is 0 Å². The Labute approximate surface area is 137 Å². The summed E-state index contributed by atoms with van der Waals surface area (Å²) in [6.45, 7) is 0. The minimum absolute atomic E-state index is 0.106. The van der Waals surface area contributed by atoms with Crippen molar-refractivity contribution >= 4 is 40.0 Å². The van der Waals surface area contributed by atoms with Gasteiger partial charge in [0.1, 0.15) is 5.75 Å². The van der Waals surface area contributed by atoms with Crippen molar-refractivity contribution in [2.75, 3.05) is 12.4 Å². The Morgan fingerprint density at radius 3 is 2.24 bits per heavy atom. The summed E-state index contributed by atoms with van der Waals surface area (Å²) < 4.78 is 5.28. The van der Waals surface area contributed by atoms with Crippen LogP contribution >= 0.6 is 34.3 Å². The van der Waals surface area contributed by atoms with Gasteiger partial charge < -0.3 is 10.1 Å². The number of nitrogens with one attached hydrogen (secondary N) is 1. The molecule has 0 fully saturated rings.